The molecule has 1 atom stereocenters. The van der Waals surface area contributed by atoms with Crippen LogP contribution in [0.5, 0.6) is 0 Å². The molecule has 0 aromatic heterocycles. The van der Waals surface area contributed by atoms with Crippen molar-refractivity contribution >= 4 is 68.8 Å². The summed E-state index contributed by atoms with van der Waals surface area (Å²) in [5.41, 5.74) is 2.56. The van der Waals surface area contributed by atoms with E-state index in [1.54, 1.807) is 12.1 Å². The van der Waals surface area contributed by atoms with Crippen molar-refractivity contribution in [1.29, 1.82) is 0 Å². The van der Waals surface area contributed by atoms with Gasteiger partial charge in [0.1, 0.15) is 14.6 Å². The number of carboxylic acids is 1. The summed E-state index contributed by atoms with van der Waals surface area (Å²) in [4.78, 5) is 25.6. The highest BCUT2D eigenvalue weighted by Gasteiger charge is 2.40. The number of aromatic carboxylic acids is 1. The van der Waals surface area contributed by atoms with Crippen LogP contribution in [-0.2, 0) is 4.79 Å². The second kappa shape index (κ2) is 7.53. The Morgan fingerprint density at radius 1 is 1.23 bits per heavy atom. The van der Waals surface area contributed by atoms with E-state index in [1.165, 1.54) is 28.8 Å². The summed E-state index contributed by atoms with van der Waals surface area (Å²) in [5.74, 6) is -1.19. The molecule has 8 heteroatoms. The number of anilines is 2. The molecule has 0 spiro atoms. The Morgan fingerprint density at radius 2 is 1.92 bits per heavy atom. The van der Waals surface area contributed by atoms with Crippen LogP contribution in [0.1, 0.15) is 15.9 Å². The van der Waals surface area contributed by atoms with Crippen LogP contribution in [0.4, 0.5) is 11.4 Å². The van der Waals surface area contributed by atoms with Crippen LogP contribution in [-0.4, -0.2) is 31.5 Å². The fourth-order valence-electron chi connectivity index (χ4n) is 2.48. The summed E-state index contributed by atoms with van der Waals surface area (Å²) in [6.45, 7) is 1.95. The number of hydrogen-bond acceptors (Lipinski definition) is 5. The Bertz CT molecular complexity index is 912. The molecule has 0 aliphatic carbocycles. The second-order valence-electron chi connectivity index (χ2n) is 5.65. The maximum Gasteiger partial charge on any atom is 0.335 e. The molecule has 1 saturated heterocycles. The molecule has 0 bridgehead atoms. The molecule has 1 heterocycles. The number of carboxylic acid groups (broad SMARTS) is 1. The number of hydrogen-bond donors (Lipinski definition) is 2. The summed E-state index contributed by atoms with van der Waals surface area (Å²) in [5, 5.41) is 11.3. The Balaban J connectivity index is 1.75. The lowest BCUT2D eigenvalue weighted by atomic mass is 10.2. The molecule has 26 heavy (non-hydrogen) atoms. The predicted octanol–water partition coefficient (Wildman–Crippen LogP) is 3.87. The van der Waals surface area contributed by atoms with Crippen LogP contribution in [0.2, 0.25) is 0 Å². The smallest absolute Gasteiger partial charge is 0.335 e. The minimum Gasteiger partial charge on any atom is -0.478 e. The molecule has 1 fully saturated rings. The molecule has 0 radical (unpaired) electrons. The Morgan fingerprint density at radius 3 is 2.54 bits per heavy atom. The number of aryl methyl sites for hydroxylation is 1. The van der Waals surface area contributed by atoms with Gasteiger partial charge in [0.05, 0.1) is 11.3 Å². The van der Waals surface area contributed by atoms with Crippen molar-refractivity contribution in [2.24, 2.45) is 0 Å². The normalized spacial score (nSPS) is 16.7. The Labute approximate surface area is 165 Å². The molecule has 1 aliphatic rings. The van der Waals surface area contributed by atoms with Crippen LogP contribution in [0.15, 0.2) is 48.5 Å². The van der Waals surface area contributed by atoms with E-state index in [0.717, 1.165) is 11.3 Å². The number of benzene rings is 2. The van der Waals surface area contributed by atoms with Crippen LogP contribution in [0, 0.1) is 6.92 Å². The van der Waals surface area contributed by atoms with Gasteiger partial charge in [-0.05, 0) is 48.9 Å². The zero-order chi connectivity index (χ0) is 18.8. The molecular weight excluding hydrogens is 388 g/mol. The fourth-order valence-corrected chi connectivity index (χ4v) is 4.20. The van der Waals surface area contributed by atoms with E-state index in [2.05, 4.69) is 5.32 Å². The van der Waals surface area contributed by atoms with Crippen LogP contribution in [0.25, 0.3) is 0 Å². The van der Waals surface area contributed by atoms with Gasteiger partial charge >= 0.3 is 5.97 Å². The molecule has 2 aromatic rings. The Kier molecular flexibility index (Phi) is 5.36. The van der Waals surface area contributed by atoms with Gasteiger partial charge in [-0.25, -0.2) is 4.79 Å². The van der Waals surface area contributed by atoms with E-state index in [0.29, 0.717) is 15.0 Å². The molecular formula is C18H14N2O3S3. The summed E-state index contributed by atoms with van der Waals surface area (Å²) in [6.07, 6.45) is 0. The van der Waals surface area contributed by atoms with E-state index < -0.39 is 11.2 Å². The average molecular weight is 403 g/mol. The summed E-state index contributed by atoms with van der Waals surface area (Å²) in [6, 6.07) is 13.7. The molecule has 2 aromatic carbocycles. The number of amides is 1. The van der Waals surface area contributed by atoms with E-state index >= 15 is 0 Å². The summed E-state index contributed by atoms with van der Waals surface area (Å²) >= 11 is 12.0. The standard InChI is InChI=1S/C18H14N2O3S3/c1-10-3-2-4-13(9-10)20-16(21)14(26-18(20)25)15(24)19-12-7-5-11(6-8-12)17(22)23/h2-9,14H,1H3,(H,19,24)(H,22,23). The van der Waals surface area contributed by atoms with Gasteiger partial charge in [0, 0.05) is 5.69 Å². The number of nitrogens with zero attached hydrogens (tertiary/aromatic N) is 1. The lowest BCUT2D eigenvalue weighted by molar-refractivity contribution is -0.115. The van der Waals surface area contributed by atoms with Crippen LogP contribution < -0.4 is 10.2 Å². The number of thioether (sulfide) groups is 1. The lowest BCUT2D eigenvalue weighted by Gasteiger charge is -2.16. The van der Waals surface area contributed by atoms with Crippen molar-refractivity contribution in [2.45, 2.75) is 12.2 Å². The Hall–Kier alpha value is -2.29. The monoisotopic (exact) mass is 402 g/mol. The largest absolute Gasteiger partial charge is 0.478 e. The quantitative estimate of drug-likeness (QED) is 0.753. The number of thiocarbonyl (C=S) groups is 2. The van der Waals surface area contributed by atoms with Gasteiger partial charge in [0.25, 0.3) is 5.91 Å². The lowest BCUT2D eigenvalue weighted by Crippen LogP contribution is -2.36. The third-order valence-electron chi connectivity index (χ3n) is 3.74. The molecule has 1 unspecified atom stereocenters. The number of carbonyl (C=O) groups is 2. The van der Waals surface area contributed by atoms with Gasteiger partial charge in [-0.2, -0.15) is 0 Å². The van der Waals surface area contributed by atoms with Crippen molar-refractivity contribution in [3.8, 4) is 0 Å². The van der Waals surface area contributed by atoms with Crippen molar-refractivity contribution < 1.29 is 14.7 Å². The zero-order valence-corrected chi connectivity index (χ0v) is 16.1. The van der Waals surface area contributed by atoms with Gasteiger partial charge in [-0.3, -0.25) is 9.69 Å². The molecule has 0 saturated carbocycles. The molecule has 1 amide bonds. The van der Waals surface area contributed by atoms with Crippen molar-refractivity contribution in [2.75, 3.05) is 10.2 Å². The molecule has 5 nitrogen and oxygen atoms in total. The van der Waals surface area contributed by atoms with Crippen molar-refractivity contribution in [3.05, 3.63) is 59.7 Å². The number of nitrogens with one attached hydrogen (secondary N) is 1. The number of rotatable bonds is 4. The van der Waals surface area contributed by atoms with E-state index in [9.17, 15) is 9.59 Å². The first-order valence-electron chi connectivity index (χ1n) is 7.62. The average Bonchev–Trinajstić information content (AvgIpc) is 2.90. The minimum atomic E-state index is -1.00. The first kappa shape index (κ1) is 18.5. The minimum absolute atomic E-state index is 0.180. The first-order chi connectivity index (χ1) is 12.4. The third kappa shape index (κ3) is 3.77. The van der Waals surface area contributed by atoms with Gasteiger partial charge in [0.2, 0.25) is 0 Å². The highest BCUT2D eigenvalue weighted by molar-refractivity contribution is 8.25. The van der Waals surface area contributed by atoms with Gasteiger partial charge in [-0.15, -0.1) is 0 Å². The van der Waals surface area contributed by atoms with Gasteiger partial charge in [0.15, 0.2) is 0 Å². The maximum absolute atomic E-state index is 12.8. The van der Waals surface area contributed by atoms with Crippen LogP contribution in [0.3, 0.4) is 0 Å². The topological polar surface area (TPSA) is 69.6 Å². The maximum atomic E-state index is 12.8. The van der Waals surface area contributed by atoms with E-state index in [1.807, 2.05) is 31.2 Å². The SMILES string of the molecule is Cc1cccc(N2C(=O)C(C(=S)Nc3ccc(C(=O)O)cc3)SC2=S)c1. The molecule has 1 aliphatic heterocycles. The molecule has 3 rings (SSSR count). The van der Waals surface area contributed by atoms with E-state index in [-0.39, 0.29) is 11.5 Å². The highest BCUT2D eigenvalue weighted by atomic mass is 32.2. The van der Waals surface area contributed by atoms with Crippen molar-refractivity contribution in [1.82, 2.24) is 0 Å². The van der Waals surface area contributed by atoms with Crippen molar-refractivity contribution in [3.63, 3.8) is 0 Å². The first-order valence-corrected chi connectivity index (χ1v) is 9.32. The van der Waals surface area contributed by atoms with Crippen LogP contribution >= 0.6 is 36.2 Å². The zero-order valence-electron chi connectivity index (χ0n) is 13.6. The van der Waals surface area contributed by atoms with E-state index in [4.69, 9.17) is 29.5 Å². The predicted molar refractivity (Wildman–Crippen MR) is 112 cm³/mol. The fraction of sp³-hybridized carbons (Fsp3) is 0.111. The second-order valence-corrected chi connectivity index (χ2v) is 7.83. The third-order valence-corrected chi connectivity index (χ3v) is 5.76. The summed E-state index contributed by atoms with van der Waals surface area (Å²) in [7, 11) is 0. The summed E-state index contributed by atoms with van der Waals surface area (Å²) < 4.78 is 0.455. The molecule has 132 valence electrons. The van der Waals surface area contributed by atoms with Gasteiger partial charge < -0.3 is 10.4 Å². The number of carbonyl (C=O) groups excluding carboxylic acids is 1. The highest BCUT2D eigenvalue weighted by Crippen LogP contribution is 2.33. The van der Waals surface area contributed by atoms with Gasteiger partial charge in [-0.1, -0.05) is 48.3 Å². The molecule has 2 N–H and O–H groups in total.